The van der Waals surface area contributed by atoms with E-state index in [-0.39, 0.29) is 17.3 Å². The zero-order chi connectivity index (χ0) is 27.1. The molecule has 12 heteroatoms. The Morgan fingerprint density at radius 2 is 1.71 bits per heavy atom. The maximum Gasteiger partial charge on any atom is 0.573 e. The van der Waals surface area contributed by atoms with Crippen LogP contribution in [0.2, 0.25) is 0 Å². The van der Waals surface area contributed by atoms with Gasteiger partial charge < -0.3 is 29.7 Å². The fourth-order valence-corrected chi connectivity index (χ4v) is 4.15. The molecular weight excluding hydrogens is 501 g/mol. The number of carbonyl (C=O) groups is 2. The van der Waals surface area contributed by atoms with Crippen molar-refractivity contribution >= 4 is 29.1 Å². The molecule has 0 aliphatic carbocycles. The fourth-order valence-electron chi connectivity index (χ4n) is 4.15. The summed E-state index contributed by atoms with van der Waals surface area (Å²) in [5, 5.41) is 5.26. The van der Waals surface area contributed by atoms with E-state index < -0.39 is 12.4 Å². The Morgan fingerprint density at radius 1 is 1.00 bits per heavy atom. The number of aromatic nitrogens is 2. The lowest BCUT2D eigenvalue weighted by Gasteiger charge is -2.35. The van der Waals surface area contributed by atoms with Crippen molar-refractivity contribution in [2.24, 2.45) is 0 Å². The zero-order valence-electron chi connectivity index (χ0n) is 20.9. The predicted molar refractivity (Wildman–Crippen MR) is 137 cm³/mol. The van der Waals surface area contributed by atoms with E-state index in [1.165, 1.54) is 12.1 Å². The highest BCUT2D eigenvalue weighted by Gasteiger charge is 2.31. The van der Waals surface area contributed by atoms with Crippen molar-refractivity contribution in [3.05, 3.63) is 66.6 Å². The van der Waals surface area contributed by atoms with Crippen molar-refractivity contribution in [3.63, 3.8) is 0 Å². The van der Waals surface area contributed by atoms with E-state index in [0.717, 1.165) is 30.8 Å². The summed E-state index contributed by atoms with van der Waals surface area (Å²) in [6.07, 6.45) is 0.466. The largest absolute Gasteiger partial charge is 0.573 e. The van der Waals surface area contributed by atoms with Crippen molar-refractivity contribution in [1.29, 1.82) is 0 Å². The SMILES string of the molecule is CCCCn1cc(NC(=O)Nc2ccc(OC(F)(F)F)cc2)cc1C(=O)N1CCN(c2ccccn2)CC1. The smallest absolute Gasteiger partial charge is 0.406 e. The van der Waals surface area contributed by atoms with Gasteiger partial charge in [0.05, 0.1) is 5.69 Å². The Kier molecular flexibility index (Phi) is 8.39. The van der Waals surface area contributed by atoms with E-state index in [2.05, 4.69) is 32.2 Å². The fraction of sp³-hybridized carbons (Fsp3) is 0.346. The Bertz CT molecular complexity index is 1220. The van der Waals surface area contributed by atoms with Gasteiger partial charge in [-0.1, -0.05) is 19.4 Å². The van der Waals surface area contributed by atoms with Crippen LogP contribution in [0.1, 0.15) is 30.3 Å². The van der Waals surface area contributed by atoms with Gasteiger partial charge in [-0.15, -0.1) is 13.2 Å². The highest BCUT2D eigenvalue weighted by Crippen LogP contribution is 2.24. The zero-order valence-corrected chi connectivity index (χ0v) is 20.9. The van der Waals surface area contributed by atoms with Gasteiger partial charge in [0.15, 0.2) is 0 Å². The minimum absolute atomic E-state index is 0.115. The number of hydrogen-bond donors (Lipinski definition) is 2. The number of pyridine rings is 1. The topological polar surface area (TPSA) is 91.7 Å². The number of amides is 3. The number of carbonyl (C=O) groups excluding carboxylic acids is 2. The van der Waals surface area contributed by atoms with E-state index in [1.807, 2.05) is 22.8 Å². The van der Waals surface area contributed by atoms with Crippen LogP contribution in [0.15, 0.2) is 60.9 Å². The Labute approximate surface area is 218 Å². The first-order chi connectivity index (χ1) is 18.2. The molecule has 0 atom stereocenters. The number of nitrogens with zero attached hydrogens (tertiary/aromatic N) is 4. The molecule has 9 nitrogen and oxygen atoms in total. The lowest BCUT2D eigenvalue weighted by atomic mass is 10.2. The van der Waals surface area contributed by atoms with Gasteiger partial charge in [-0.05, 0) is 48.9 Å². The van der Waals surface area contributed by atoms with Crippen molar-refractivity contribution in [2.75, 3.05) is 41.7 Å². The van der Waals surface area contributed by atoms with Crippen LogP contribution in [0.5, 0.6) is 5.75 Å². The van der Waals surface area contributed by atoms with E-state index in [4.69, 9.17) is 0 Å². The number of unbranched alkanes of at least 4 members (excludes halogenated alkanes) is 1. The number of rotatable bonds is 8. The average molecular weight is 531 g/mol. The van der Waals surface area contributed by atoms with Crippen LogP contribution in [-0.4, -0.2) is 58.9 Å². The van der Waals surface area contributed by atoms with Gasteiger partial charge in [0.25, 0.3) is 5.91 Å². The molecule has 0 spiro atoms. The monoisotopic (exact) mass is 530 g/mol. The second kappa shape index (κ2) is 11.9. The van der Waals surface area contributed by atoms with Crippen LogP contribution < -0.4 is 20.3 Å². The first-order valence-electron chi connectivity index (χ1n) is 12.3. The first kappa shape index (κ1) is 26.8. The number of piperazine rings is 1. The number of anilines is 3. The van der Waals surface area contributed by atoms with Crippen molar-refractivity contribution in [3.8, 4) is 5.75 Å². The first-order valence-corrected chi connectivity index (χ1v) is 12.3. The number of ether oxygens (including phenoxy) is 1. The molecule has 3 aromatic rings. The highest BCUT2D eigenvalue weighted by atomic mass is 19.4. The van der Waals surface area contributed by atoms with E-state index in [1.54, 1.807) is 23.4 Å². The lowest BCUT2D eigenvalue weighted by molar-refractivity contribution is -0.274. The van der Waals surface area contributed by atoms with Gasteiger partial charge in [0.1, 0.15) is 17.3 Å². The number of nitrogens with one attached hydrogen (secondary N) is 2. The summed E-state index contributed by atoms with van der Waals surface area (Å²) in [5.41, 5.74) is 1.20. The van der Waals surface area contributed by atoms with Crippen LogP contribution in [-0.2, 0) is 6.54 Å². The Balaban J connectivity index is 1.39. The quantitative estimate of drug-likeness (QED) is 0.418. The number of hydrogen-bond acceptors (Lipinski definition) is 5. The molecule has 0 bridgehead atoms. The van der Waals surface area contributed by atoms with Gasteiger partial charge in [-0.3, -0.25) is 4.79 Å². The lowest BCUT2D eigenvalue weighted by Crippen LogP contribution is -2.49. The molecule has 2 N–H and O–H groups in total. The van der Waals surface area contributed by atoms with Gasteiger partial charge in [0.2, 0.25) is 0 Å². The summed E-state index contributed by atoms with van der Waals surface area (Å²) in [7, 11) is 0. The third-order valence-corrected chi connectivity index (χ3v) is 6.01. The van der Waals surface area contributed by atoms with Gasteiger partial charge in [0, 0.05) is 50.8 Å². The third kappa shape index (κ3) is 7.17. The number of halogens is 3. The van der Waals surface area contributed by atoms with Crippen LogP contribution in [0.3, 0.4) is 0 Å². The number of alkyl halides is 3. The Morgan fingerprint density at radius 3 is 2.34 bits per heavy atom. The van der Waals surface area contributed by atoms with Crippen LogP contribution >= 0.6 is 0 Å². The van der Waals surface area contributed by atoms with Gasteiger partial charge in [-0.25, -0.2) is 9.78 Å². The second-order valence-electron chi connectivity index (χ2n) is 8.78. The summed E-state index contributed by atoms with van der Waals surface area (Å²) in [5.74, 6) is 0.377. The molecule has 2 aromatic heterocycles. The molecule has 1 saturated heterocycles. The standard InChI is InChI=1S/C26H29F3N6O3/c1-2-3-12-35-18-20(32-25(37)31-19-7-9-21(10-8-19)38-26(27,28)29)17-22(35)24(36)34-15-13-33(14-16-34)23-6-4-5-11-30-23/h4-11,17-18H,2-3,12-16H2,1H3,(H2,31,32,37). The molecule has 3 amide bonds. The molecule has 4 rings (SSSR count). The van der Waals surface area contributed by atoms with Crippen molar-refractivity contribution < 1.29 is 27.5 Å². The summed E-state index contributed by atoms with van der Waals surface area (Å²) >= 11 is 0. The minimum Gasteiger partial charge on any atom is -0.406 e. The van der Waals surface area contributed by atoms with Gasteiger partial charge in [-0.2, -0.15) is 0 Å². The summed E-state index contributed by atoms with van der Waals surface area (Å²) in [6, 6.07) is 11.6. The Hall–Kier alpha value is -4.22. The number of benzene rings is 1. The van der Waals surface area contributed by atoms with Crippen LogP contribution in [0, 0.1) is 0 Å². The van der Waals surface area contributed by atoms with E-state index in [9.17, 15) is 22.8 Å². The molecule has 202 valence electrons. The number of aryl methyl sites for hydroxylation is 1. The maximum atomic E-state index is 13.4. The molecule has 3 heterocycles. The predicted octanol–water partition coefficient (Wildman–Crippen LogP) is 5.19. The molecule has 38 heavy (non-hydrogen) atoms. The average Bonchev–Trinajstić information content (AvgIpc) is 3.30. The summed E-state index contributed by atoms with van der Waals surface area (Å²) in [4.78, 5) is 34.2. The van der Waals surface area contributed by atoms with Crippen molar-refractivity contribution in [2.45, 2.75) is 32.7 Å². The minimum atomic E-state index is -4.79. The van der Waals surface area contributed by atoms with Gasteiger partial charge >= 0.3 is 12.4 Å². The molecule has 0 unspecified atom stereocenters. The summed E-state index contributed by atoms with van der Waals surface area (Å²) in [6.45, 7) is 5.10. The van der Waals surface area contributed by atoms with Crippen LogP contribution in [0.4, 0.5) is 35.2 Å². The molecule has 0 saturated carbocycles. The number of urea groups is 1. The molecular formula is C26H29F3N6O3. The molecule has 1 aromatic carbocycles. The summed E-state index contributed by atoms with van der Waals surface area (Å²) < 4.78 is 42.7. The van der Waals surface area contributed by atoms with Crippen molar-refractivity contribution in [1.82, 2.24) is 14.5 Å². The third-order valence-electron chi connectivity index (χ3n) is 6.01. The molecule has 1 aliphatic heterocycles. The maximum absolute atomic E-state index is 13.4. The van der Waals surface area contributed by atoms with Crippen LogP contribution in [0.25, 0.3) is 0 Å². The second-order valence-corrected chi connectivity index (χ2v) is 8.78. The molecule has 0 radical (unpaired) electrons. The molecule has 1 fully saturated rings. The van der Waals surface area contributed by atoms with E-state index >= 15 is 0 Å². The molecule has 1 aliphatic rings. The van der Waals surface area contributed by atoms with E-state index in [0.29, 0.717) is 44.1 Å². The highest BCUT2D eigenvalue weighted by molar-refractivity contribution is 6.01. The normalized spacial score (nSPS) is 13.8.